The van der Waals surface area contributed by atoms with Crippen LogP contribution in [-0.4, -0.2) is 31.0 Å². The number of aromatic nitrogens is 5. The zero-order valence-corrected chi connectivity index (χ0v) is 12.2. The molecule has 1 amide bonds. The van der Waals surface area contributed by atoms with Crippen LogP contribution in [0, 0.1) is 0 Å². The van der Waals surface area contributed by atoms with Gasteiger partial charge < -0.3 is 9.84 Å². The molecule has 0 fully saturated rings. The molecule has 0 aliphatic rings. The average Bonchev–Trinajstić information content (AvgIpc) is 3.13. The van der Waals surface area contributed by atoms with E-state index in [1.54, 1.807) is 18.3 Å². The zero-order chi connectivity index (χ0) is 16.4. The Kier molecular flexibility index (Phi) is 3.39. The second kappa shape index (κ2) is 5.84. The number of carbonyl (C=O) groups is 1. The summed E-state index contributed by atoms with van der Waals surface area (Å²) < 4.78 is 5.01. The Labute approximate surface area is 135 Å². The van der Waals surface area contributed by atoms with Gasteiger partial charge in [-0.3, -0.25) is 14.8 Å². The number of pyridine rings is 1. The molecular formula is C16H10N6O2. The molecule has 8 nitrogen and oxygen atoms in total. The van der Waals surface area contributed by atoms with Crippen LogP contribution in [0.25, 0.3) is 22.4 Å². The molecule has 4 aromatic rings. The molecule has 0 spiro atoms. The monoisotopic (exact) mass is 318 g/mol. The highest BCUT2D eigenvalue weighted by Gasteiger charge is 2.17. The minimum Gasteiger partial charge on any atom is -0.328 e. The van der Waals surface area contributed by atoms with E-state index in [0.717, 1.165) is 10.9 Å². The van der Waals surface area contributed by atoms with Gasteiger partial charge in [0.05, 0.1) is 17.4 Å². The van der Waals surface area contributed by atoms with Crippen LogP contribution < -0.4 is 5.32 Å². The minimum absolute atomic E-state index is 0.156. The lowest BCUT2D eigenvalue weighted by molar-refractivity contribution is 0.0981. The predicted molar refractivity (Wildman–Crippen MR) is 85.0 cm³/mol. The number of benzene rings is 1. The standard InChI is InChI=1S/C16H10N6O2/c23-15(16-21-14(22-24-16)13-9-17-7-8-19-13)20-12-5-1-4-11-10(12)3-2-6-18-11/h1-9H,(H,20,23). The van der Waals surface area contributed by atoms with Gasteiger partial charge in [0.15, 0.2) is 0 Å². The van der Waals surface area contributed by atoms with E-state index in [1.165, 1.54) is 18.6 Å². The maximum Gasteiger partial charge on any atom is 0.316 e. The van der Waals surface area contributed by atoms with Gasteiger partial charge in [-0.2, -0.15) is 4.98 Å². The lowest BCUT2D eigenvalue weighted by atomic mass is 10.2. The number of fused-ring (bicyclic) bond motifs is 1. The SMILES string of the molecule is O=C(Nc1cccc2ncccc12)c1nc(-c2cnccn2)no1. The predicted octanol–water partition coefficient (Wildman–Crippen LogP) is 2.33. The van der Waals surface area contributed by atoms with Crippen LogP contribution in [0.3, 0.4) is 0 Å². The van der Waals surface area contributed by atoms with Gasteiger partial charge in [0.2, 0.25) is 5.82 Å². The van der Waals surface area contributed by atoms with Crippen molar-refractivity contribution in [2.24, 2.45) is 0 Å². The summed E-state index contributed by atoms with van der Waals surface area (Å²) in [6, 6.07) is 9.13. The van der Waals surface area contributed by atoms with Gasteiger partial charge in [-0.25, -0.2) is 4.98 Å². The highest BCUT2D eigenvalue weighted by molar-refractivity contribution is 6.06. The maximum absolute atomic E-state index is 12.3. The molecule has 3 aromatic heterocycles. The van der Waals surface area contributed by atoms with Crippen LogP contribution in [0.15, 0.2) is 59.6 Å². The molecule has 0 atom stereocenters. The van der Waals surface area contributed by atoms with Crippen molar-refractivity contribution in [3.05, 3.63) is 61.0 Å². The van der Waals surface area contributed by atoms with Gasteiger partial charge in [0.25, 0.3) is 0 Å². The van der Waals surface area contributed by atoms with Crippen molar-refractivity contribution < 1.29 is 9.32 Å². The molecule has 0 aliphatic heterocycles. The summed E-state index contributed by atoms with van der Waals surface area (Å²) >= 11 is 0. The van der Waals surface area contributed by atoms with E-state index in [2.05, 4.69) is 30.4 Å². The van der Waals surface area contributed by atoms with Gasteiger partial charge in [0, 0.05) is 24.0 Å². The molecule has 24 heavy (non-hydrogen) atoms. The number of rotatable bonds is 3. The van der Waals surface area contributed by atoms with Crippen LogP contribution >= 0.6 is 0 Å². The smallest absolute Gasteiger partial charge is 0.316 e. The summed E-state index contributed by atoms with van der Waals surface area (Å²) in [6.45, 7) is 0. The topological polar surface area (TPSA) is 107 Å². The van der Waals surface area contributed by atoms with E-state index in [9.17, 15) is 4.79 Å². The van der Waals surface area contributed by atoms with Gasteiger partial charge in [-0.05, 0) is 24.3 Å². The molecule has 0 saturated carbocycles. The van der Waals surface area contributed by atoms with E-state index in [4.69, 9.17) is 4.52 Å². The maximum atomic E-state index is 12.3. The Balaban J connectivity index is 1.62. The van der Waals surface area contributed by atoms with Crippen LogP contribution in [0.5, 0.6) is 0 Å². The van der Waals surface area contributed by atoms with E-state index in [-0.39, 0.29) is 11.7 Å². The Morgan fingerprint density at radius 2 is 2.00 bits per heavy atom. The minimum atomic E-state index is -0.506. The third kappa shape index (κ3) is 2.56. The Bertz CT molecular complexity index is 1010. The summed E-state index contributed by atoms with van der Waals surface area (Å²) in [6.07, 6.45) is 6.22. The number of anilines is 1. The molecule has 1 aromatic carbocycles. The van der Waals surface area contributed by atoms with E-state index >= 15 is 0 Å². The van der Waals surface area contributed by atoms with Crippen molar-refractivity contribution in [1.29, 1.82) is 0 Å². The number of hydrogen-bond donors (Lipinski definition) is 1. The third-order valence-electron chi connectivity index (χ3n) is 3.31. The van der Waals surface area contributed by atoms with Gasteiger partial charge >= 0.3 is 11.8 Å². The number of nitrogens with one attached hydrogen (secondary N) is 1. The molecule has 8 heteroatoms. The molecule has 0 saturated heterocycles. The first-order valence-corrected chi connectivity index (χ1v) is 7.06. The largest absolute Gasteiger partial charge is 0.328 e. The lowest BCUT2D eigenvalue weighted by Crippen LogP contribution is -2.12. The first kappa shape index (κ1) is 13.9. The molecule has 0 bridgehead atoms. The van der Waals surface area contributed by atoms with Crippen LogP contribution in [0.4, 0.5) is 5.69 Å². The van der Waals surface area contributed by atoms with Crippen LogP contribution in [-0.2, 0) is 0 Å². The highest BCUT2D eigenvalue weighted by atomic mass is 16.5. The van der Waals surface area contributed by atoms with E-state index in [1.807, 2.05) is 18.2 Å². The number of carbonyl (C=O) groups excluding carboxylic acids is 1. The number of amides is 1. The van der Waals surface area contributed by atoms with Gasteiger partial charge in [0.1, 0.15) is 5.69 Å². The Morgan fingerprint density at radius 1 is 1.04 bits per heavy atom. The zero-order valence-electron chi connectivity index (χ0n) is 12.2. The van der Waals surface area contributed by atoms with E-state index in [0.29, 0.717) is 11.4 Å². The highest BCUT2D eigenvalue weighted by Crippen LogP contribution is 2.22. The van der Waals surface area contributed by atoms with Crippen molar-refractivity contribution in [2.45, 2.75) is 0 Å². The fraction of sp³-hybridized carbons (Fsp3) is 0. The summed E-state index contributed by atoms with van der Waals surface area (Å²) in [5.41, 5.74) is 1.82. The second-order valence-corrected chi connectivity index (χ2v) is 4.84. The molecule has 4 rings (SSSR count). The summed E-state index contributed by atoms with van der Waals surface area (Å²) in [5.74, 6) is -0.460. The van der Waals surface area contributed by atoms with Crippen molar-refractivity contribution in [3.8, 4) is 11.5 Å². The molecule has 0 radical (unpaired) electrons. The average molecular weight is 318 g/mol. The van der Waals surface area contributed by atoms with Crippen molar-refractivity contribution in [2.75, 3.05) is 5.32 Å². The van der Waals surface area contributed by atoms with Crippen molar-refractivity contribution in [3.63, 3.8) is 0 Å². The lowest BCUT2D eigenvalue weighted by Gasteiger charge is -2.05. The van der Waals surface area contributed by atoms with E-state index < -0.39 is 5.91 Å². The van der Waals surface area contributed by atoms with Crippen molar-refractivity contribution in [1.82, 2.24) is 25.1 Å². The molecule has 0 aliphatic carbocycles. The summed E-state index contributed by atoms with van der Waals surface area (Å²) in [5, 5.41) is 7.33. The molecule has 0 unspecified atom stereocenters. The quantitative estimate of drug-likeness (QED) is 0.617. The fourth-order valence-corrected chi connectivity index (χ4v) is 2.22. The summed E-state index contributed by atoms with van der Waals surface area (Å²) in [7, 11) is 0. The summed E-state index contributed by atoms with van der Waals surface area (Å²) in [4.78, 5) is 28.6. The van der Waals surface area contributed by atoms with Gasteiger partial charge in [-0.1, -0.05) is 11.2 Å². The second-order valence-electron chi connectivity index (χ2n) is 4.84. The van der Waals surface area contributed by atoms with Crippen LogP contribution in [0.2, 0.25) is 0 Å². The van der Waals surface area contributed by atoms with Crippen molar-refractivity contribution >= 4 is 22.5 Å². The third-order valence-corrected chi connectivity index (χ3v) is 3.31. The molecule has 3 heterocycles. The Morgan fingerprint density at radius 3 is 2.88 bits per heavy atom. The first-order valence-electron chi connectivity index (χ1n) is 7.06. The normalized spacial score (nSPS) is 10.7. The van der Waals surface area contributed by atoms with Crippen LogP contribution in [0.1, 0.15) is 10.7 Å². The Hall–Kier alpha value is -3.68. The fourth-order valence-electron chi connectivity index (χ4n) is 2.22. The molecule has 116 valence electrons. The van der Waals surface area contributed by atoms with Gasteiger partial charge in [-0.15, -0.1) is 0 Å². The molecular weight excluding hydrogens is 308 g/mol. The first-order chi connectivity index (χ1) is 11.8. The number of hydrogen-bond acceptors (Lipinski definition) is 7. The molecule has 1 N–H and O–H groups in total. The number of nitrogens with zero attached hydrogens (tertiary/aromatic N) is 5.